The molecule has 4 heteroatoms. The molecule has 2 aromatic carbocycles. The van der Waals surface area contributed by atoms with Crippen molar-refractivity contribution < 1.29 is 9.53 Å². The number of carbonyl (C=O) groups is 1. The van der Waals surface area contributed by atoms with Crippen LogP contribution >= 0.6 is 0 Å². The third-order valence-electron chi connectivity index (χ3n) is 4.11. The fraction of sp³-hybridized carbons (Fsp3) is 0.320. The fourth-order valence-corrected chi connectivity index (χ4v) is 2.41. The minimum atomic E-state index is -0.0136. The second kappa shape index (κ2) is 13.3. The first-order valence-electron chi connectivity index (χ1n) is 10.0. The summed E-state index contributed by atoms with van der Waals surface area (Å²) in [5.74, 6) is 0.816. The zero-order valence-electron chi connectivity index (χ0n) is 18.4. The molecule has 0 radical (unpaired) electrons. The molecule has 1 amide bonds. The molecular formula is C25H34N2O2. The Morgan fingerprint density at radius 3 is 2.14 bits per heavy atom. The number of aryl methyl sites for hydroxylation is 1. The van der Waals surface area contributed by atoms with E-state index in [1.807, 2.05) is 44.2 Å². The van der Waals surface area contributed by atoms with Crippen molar-refractivity contribution in [3.63, 3.8) is 0 Å². The van der Waals surface area contributed by atoms with Crippen molar-refractivity contribution in [3.05, 3.63) is 84.0 Å². The molecule has 0 aromatic heterocycles. The minimum Gasteiger partial charge on any atom is -0.492 e. The summed E-state index contributed by atoms with van der Waals surface area (Å²) in [6, 6.07) is 16.4. The van der Waals surface area contributed by atoms with E-state index in [-0.39, 0.29) is 5.91 Å². The number of amides is 1. The predicted octanol–water partition coefficient (Wildman–Crippen LogP) is 4.70. The summed E-state index contributed by atoms with van der Waals surface area (Å²) in [6.07, 6.45) is 3.38. The summed E-state index contributed by atoms with van der Waals surface area (Å²) in [5, 5.41) is 3.21. The molecule has 0 aliphatic carbocycles. The van der Waals surface area contributed by atoms with Crippen LogP contribution in [0.5, 0.6) is 5.75 Å². The van der Waals surface area contributed by atoms with Gasteiger partial charge in [-0.1, -0.05) is 68.5 Å². The van der Waals surface area contributed by atoms with Crippen molar-refractivity contribution in [2.45, 2.75) is 20.8 Å². The Kier molecular flexibility index (Phi) is 11.1. The van der Waals surface area contributed by atoms with Crippen LogP contribution < -0.4 is 10.1 Å². The quantitative estimate of drug-likeness (QED) is 0.495. The molecule has 4 nitrogen and oxygen atoms in total. The smallest absolute Gasteiger partial charge is 0.245 e. The normalized spacial score (nSPS) is 10.2. The number of ether oxygens (including phenoxy) is 1. The molecule has 0 saturated heterocycles. The molecule has 0 bridgehead atoms. The Morgan fingerprint density at radius 2 is 1.59 bits per heavy atom. The lowest BCUT2D eigenvalue weighted by molar-refractivity contribution is -0.123. The highest BCUT2D eigenvalue weighted by Gasteiger charge is 2.03. The third-order valence-corrected chi connectivity index (χ3v) is 4.11. The fourth-order valence-electron chi connectivity index (χ4n) is 2.41. The average molecular weight is 395 g/mol. The molecule has 156 valence electrons. The van der Waals surface area contributed by atoms with Crippen LogP contribution in [-0.2, 0) is 4.79 Å². The van der Waals surface area contributed by atoms with E-state index in [4.69, 9.17) is 4.74 Å². The standard InChI is InChI=1S/C23H28N2O2.C2H6/c1-18-7-9-20(10-8-18)19(2)21-11-13-22(14-12-21)27-17-16-24-15-5-6-23(26)25(3)4;1-2/h5-14,24H,2,15-17H2,1,3-4H3;1-2H3/b6-5+;. The number of benzene rings is 2. The Labute approximate surface area is 175 Å². The summed E-state index contributed by atoms with van der Waals surface area (Å²) in [7, 11) is 3.46. The number of nitrogens with zero attached hydrogens (tertiary/aromatic N) is 1. The number of rotatable bonds is 9. The van der Waals surface area contributed by atoms with Gasteiger partial charge in [0, 0.05) is 33.3 Å². The molecule has 29 heavy (non-hydrogen) atoms. The molecule has 0 saturated carbocycles. The van der Waals surface area contributed by atoms with Gasteiger partial charge in [-0.3, -0.25) is 4.79 Å². The van der Waals surface area contributed by atoms with Crippen molar-refractivity contribution in [1.29, 1.82) is 0 Å². The Morgan fingerprint density at radius 1 is 1.03 bits per heavy atom. The Bertz CT molecular complexity index is 775. The number of likely N-dealkylation sites (N-methyl/N-ethyl adjacent to an activating group) is 1. The van der Waals surface area contributed by atoms with E-state index < -0.39 is 0 Å². The van der Waals surface area contributed by atoms with Gasteiger partial charge in [0.15, 0.2) is 0 Å². The molecule has 1 N–H and O–H groups in total. The molecule has 0 spiro atoms. The van der Waals surface area contributed by atoms with Gasteiger partial charge in [0.05, 0.1) is 0 Å². The lowest BCUT2D eigenvalue weighted by atomic mass is 9.99. The van der Waals surface area contributed by atoms with E-state index in [1.54, 1.807) is 20.2 Å². The first-order valence-corrected chi connectivity index (χ1v) is 10.0. The van der Waals surface area contributed by atoms with E-state index in [0.29, 0.717) is 19.7 Å². The van der Waals surface area contributed by atoms with Gasteiger partial charge in [-0.2, -0.15) is 0 Å². The summed E-state index contributed by atoms with van der Waals surface area (Å²) in [5.41, 5.74) is 4.45. The summed E-state index contributed by atoms with van der Waals surface area (Å²) >= 11 is 0. The van der Waals surface area contributed by atoms with Crippen molar-refractivity contribution in [2.75, 3.05) is 33.8 Å². The van der Waals surface area contributed by atoms with Crippen LogP contribution in [0.25, 0.3) is 5.57 Å². The van der Waals surface area contributed by atoms with Crippen LogP contribution in [0, 0.1) is 6.92 Å². The van der Waals surface area contributed by atoms with Gasteiger partial charge >= 0.3 is 0 Å². The maximum absolute atomic E-state index is 11.4. The summed E-state index contributed by atoms with van der Waals surface area (Å²) in [6.45, 7) is 12.2. The average Bonchev–Trinajstić information content (AvgIpc) is 2.74. The zero-order valence-corrected chi connectivity index (χ0v) is 18.4. The Balaban J connectivity index is 0.00000204. The topological polar surface area (TPSA) is 41.6 Å². The van der Waals surface area contributed by atoms with Crippen molar-refractivity contribution in [2.24, 2.45) is 0 Å². The van der Waals surface area contributed by atoms with Crippen molar-refractivity contribution in [1.82, 2.24) is 10.2 Å². The molecule has 0 fully saturated rings. The first-order chi connectivity index (χ1) is 14.0. The predicted molar refractivity (Wildman–Crippen MR) is 123 cm³/mol. The molecule has 0 aliphatic heterocycles. The second-order valence-electron chi connectivity index (χ2n) is 6.56. The van der Waals surface area contributed by atoms with Crippen LogP contribution in [0.2, 0.25) is 0 Å². The maximum atomic E-state index is 11.4. The number of hydrogen-bond donors (Lipinski definition) is 1. The van der Waals surface area contributed by atoms with Gasteiger partial charge in [0.2, 0.25) is 5.91 Å². The summed E-state index contributed by atoms with van der Waals surface area (Å²) < 4.78 is 5.74. The molecule has 0 heterocycles. The SMILES string of the molecule is C=C(c1ccc(C)cc1)c1ccc(OCCNC/C=C/C(=O)N(C)C)cc1.CC. The van der Waals surface area contributed by atoms with Gasteiger partial charge in [0.25, 0.3) is 0 Å². The number of hydrogen-bond acceptors (Lipinski definition) is 3. The van der Waals surface area contributed by atoms with Crippen LogP contribution in [0.3, 0.4) is 0 Å². The first kappa shape index (κ1) is 24.2. The van der Waals surface area contributed by atoms with Gasteiger partial charge in [0.1, 0.15) is 12.4 Å². The van der Waals surface area contributed by atoms with E-state index in [9.17, 15) is 4.79 Å². The van der Waals surface area contributed by atoms with E-state index >= 15 is 0 Å². The van der Waals surface area contributed by atoms with Crippen molar-refractivity contribution in [3.8, 4) is 5.75 Å². The van der Waals surface area contributed by atoms with Gasteiger partial charge < -0.3 is 15.0 Å². The van der Waals surface area contributed by atoms with Crippen LogP contribution in [0.1, 0.15) is 30.5 Å². The van der Waals surface area contributed by atoms with E-state index in [1.165, 1.54) is 10.5 Å². The highest BCUT2D eigenvalue weighted by atomic mass is 16.5. The van der Waals surface area contributed by atoms with Gasteiger partial charge in [-0.25, -0.2) is 0 Å². The number of nitrogens with one attached hydrogen (secondary N) is 1. The van der Waals surface area contributed by atoms with Gasteiger partial charge in [-0.15, -0.1) is 0 Å². The molecule has 0 aliphatic rings. The Hall–Kier alpha value is -2.85. The van der Waals surface area contributed by atoms with Crippen LogP contribution in [-0.4, -0.2) is 44.6 Å². The molecule has 2 rings (SSSR count). The van der Waals surface area contributed by atoms with Crippen LogP contribution in [0.15, 0.2) is 67.3 Å². The molecule has 0 atom stereocenters. The lowest BCUT2D eigenvalue weighted by Crippen LogP contribution is -2.22. The number of carbonyl (C=O) groups excluding carboxylic acids is 1. The van der Waals surface area contributed by atoms with Crippen molar-refractivity contribution >= 4 is 11.5 Å². The lowest BCUT2D eigenvalue weighted by Gasteiger charge is -2.10. The minimum absolute atomic E-state index is 0.0136. The van der Waals surface area contributed by atoms with E-state index in [2.05, 4.69) is 43.1 Å². The highest BCUT2D eigenvalue weighted by Crippen LogP contribution is 2.23. The monoisotopic (exact) mass is 394 g/mol. The maximum Gasteiger partial charge on any atom is 0.245 e. The zero-order chi connectivity index (χ0) is 21.6. The third kappa shape index (κ3) is 8.79. The largest absolute Gasteiger partial charge is 0.492 e. The second-order valence-corrected chi connectivity index (χ2v) is 6.56. The molecular weight excluding hydrogens is 360 g/mol. The summed E-state index contributed by atoms with van der Waals surface area (Å²) in [4.78, 5) is 12.9. The molecule has 2 aromatic rings. The highest BCUT2D eigenvalue weighted by molar-refractivity contribution is 5.87. The van der Waals surface area contributed by atoms with E-state index in [0.717, 1.165) is 22.4 Å². The molecule has 0 unspecified atom stereocenters. The van der Waals surface area contributed by atoms with Gasteiger partial charge in [-0.05, 0) is 35.8 Å². The van der Waals surface area contributed by atoms with Crippen LogP contribution in [0.4, 0.5) is 0 Å².